The fourth-order valence-electron chi connectivity index (χ4n) is 1.78. The van der Waals surface area contributed by atoms with Crippen molar-refractivity contribution in [2.24, 2.45) is 0 Å². The second-order valence-corrected chi connectivity index (χ2v) is 4.84. The van der Waals surface area contributed by atoms with E-state index in [2.05, 4.69) is 26.3 Å². The zero-order valence-electron chi connectivity index (χ0n) is 10.3. The number of rotatable bonds is 3. The summed E-state index contributed by atoms with van der Waals surface area (Å²) in [5, 5.41) is 6.93. The minimum absolute atomic E-state index is 0.251. The van der Waals surface area contributed by atoms with E-state index in [1.807, 2.05) is 36.5 Å². The van der Waals surface area contributed by atoms with Crippen molar-refractivity contribution in [3.8, 4) is 5.69 Å². The van der Waals surface area contributed by atoms with E-state index in [1.165, 1.54) is 0 Å². The van der Waals surface area contributed by atoms with Gasteiger partial charge in [-0.05, 0) is 52.3 Å². The van der Waals surface area contributed by atoms with Crippen molar-refractivity contribution in [2.45, 2.75) is 0 Å². The van der Waals surface area contributed by atoms with Crippen molar-refractivity contribution >= 4 is 27.5 Å². The van der Waals surface area contributed by atoms with Crippen LogP contribution in [0.15, 0.2) is 63.9 Å². The Bertz CT molecular complexity index is 734. The highest BCUT2D eigenvalue weighted by Gasteiger charge is 2.10. The largest absolute Gasteiger partial charge is 0.444 e. The topological polar surface area (TPSA) is 60.1 Å². The van der Waals surface area contributed by atoms with E-state index >= 15 is 0 Å². The summed E-state index contributed by atoms with van der Waals surface area (Å²) in [6.45, 7) is 0. The third kappa shape index (κ3) is 2.65. The first kappa shape index (κ1) is 12.7. The summed E-state index contributed by atoms with van der Waals surface area (Å²) >= 11 is 3.17. The van der Waals surface area contributed by atoms with E-state index in [4.69, 9.17) is 4.42 Å². The molecule has 3 rings (SSSR count). The van der Waals surface area contributed by atoms with Crippen molar-refractivity contribution in [3.05, 3.63) is 65.3 Å². The van der Waals surface area contributed by atoms with Crippen molar-refractivity contribution < 1.29 is 9.21 Å². The lowest BCUT2D eigenvalue weighted by Crippen LogP contribution is -2.11. The molecule has 1 aromatic carbocycles. The first-order valence-electron chi connectivity index (χ1n) is 5.89. The van der Waals surface area contributed by atoms with Crippen LogP contribution in [-0.4, -0.2) is 15.7 Å². The normalized spacial score (nSPS) is 10.4. The second-order valence-electron chi connectivity index (χ2n) is 4.06. The highest BCUT2D eigenvalue weighted by molar-refractivity contribution is 9.10. The number of benzene rings is 1. The summed E-state index contributed by atoms with van der Waals surface area (Å²) < 4.78 is 7.45. The van der Waals surface area contributed by atoms with Crippen LogP contribution in [0.1, 0.15) is 10.6 Å². The summed E-state index contributed by atoms with van der Waals surface area (Å²) in [4.78, 5) is 12.0. The fourth-order valence-corrected chi connectivity index (χ4v) is 2.08. The Kier molecular flexibility index (Phi) is 3.39. The number of nitrogens with one attached hydrogen (secondary N) is 1. The number of anilines is 1. The van der Waals surface area contributed by atoms with Crippen LogP contribution in [0.3, 0.4) is 0 Å². The minimum atomic E-state index is -0.298. The number of hydrogen-bond acceptors (Lipinski definition) is 3. The van der Waals surface area contributed by atoms with Crippen LogP contribution in [0.25, 0.3) is 5.69 Å². The number of amides is 1. The number of nitrogens with zero attached hydrogens (tertiary/aromatic N) is 2. The molecule has 0 aliphatic heterocycles. The molecule has 1 N–H and O–H groups in total. The van der Waals surface area contributed by atoms with Gasteiger partial charge in [-0.2, -0.15) is 5.10 Å². The van der Waals surface area contributed by atoms with E-state index < -0.39 is 0 Å². The fraction of sp³-hybridized carbons (Fsp3) is 0. The van der Waals surface area contributed by atoms with Gasteiger partial charge < -0.3 is 9.73 Å². The maximum absolute atomic E-state index is 12.0. The summed E-state index contributed by atoms with van der Waals surface area (Å²) in [6.07, 6.45) is 3.54. The van der Waals surface area contributed by atoms with Crippen molar-refractivity contribution in [3.63, 3.8) is 0 Å². The molecule has 0 bridgehead atoms. The van der Waals surface area contributed by atoms with Crippen LogP contribution < -0.4 is 5.32 Å². The number of halogens is 1. The molecule has 0 saturated carbocycles. The molecule has 0 aliphatic rings. The van der Waals surface area contributed by atoms with E-state index in [-0.39, 0.29) is 11.7 Å². The van der Waals surface area contributed by atoms with Gasteiger partial charge in [-0.25, -0.2) is 4.68 Å². The third-order valence-corrected chi connectivity index (χ3v) is 3.10. The first-order chi connectivity index (χ1) is 9.72. The summed E-state index contributed by atoms with van der Waals surface area (Å²) in [5.41, 5.74) is 1.55. The van der Waals surface area contributed by atoms with Crippen LogP contribution in [0.4, 0.5) is 5.69 Å². The average Bonchev–Trinajstić information content (AvgIpc) is 3.10. The second kappa shape index (κ2) is 5.34. The predicted molar refractivity (Wildman–Crippen MR) is 77.9 cm³/mol. The molecule has 0 fully saturated rings. The van der Waals surface area contributed by atoms with E-state index in [0.29, 0.717) is 10.4 Å². The number of furan rings is 1. The standard InChI is InChI=1S/C14H10BrN3O2/c15-13-6-5-12(20-13)14(19)17-10-3-1-4-11(9-10)18-8-2-7-16-18/h1-9H,(H,17,19). The van der Waals surface area contributed by atoms with Gasteiger partial charge in [0.25, 0.3) is 5.91 Å². The lowest BCUT2D eigenvalue weighted by atomic mass is 10.2. The van der Waals surface area contributed by atoms with Gasteiger partial charge in [0.1, 0.15) is 0 Å². The molecule has 3 aromatic rings. The number of aromatic nitrogens is 2. The SMILES string of the molecule is O=C(Nc1cccc(-n2cccn2)c1)c1ccc(Br)o1. The zero-order chi connectivity index (χ0) is 13.9. The van der Waals surface area contributed by atoms with Gasteiger partial charge >= 0.3 is 0 Å². The molecule has 0 radical (unpaired) electrons. The first-order valence-corrected chi connectivity index (χ1v) is 6.68. The Morgan fingerprint density at radius 3 is 2.85 bits per heavy atom. The lowest BCUT2D eigenvalue weighted by Gasteiger charge is -2.06. The third-order valence-electron chi connectivity index (χ3n) is 2.67. The van der Waals surface area contributed by atoms with Gasteiger partial charge in [0.05, 0.1) is 5.69 Å². The molecule has 6 heteroatoms. The zero-order valence-corrected chi connectivity index (χ0v) is 11.9. The van der Waals surface area contributed by atoms with Crippen LogP contribution in [-0.2, 0) is 0 Å². The molecular formula is C14H10BrN3O2. The van der Waals surface area contributed by atoms with Gasteiger partial charge in [-0.15, -0.1) is 0 Å². The number of carbonyl (C=O) groups is 1. The highest BCUT2D eigenvalue weighted by Crippen LogP contribution is 2.17. The molecule has 1 amide bonds. The van der Waals surface area contributed by atoms with E-state index in [9.17, 15) is 4.79 Å². The molecule has 0 aliphatic carbocycles. The molecule has 2 heterocycles. The minimum Gasteiger partial charge on any atom is -0.444 e. The van der Waals surface area contributed by atoms with Crippen LogP contribution in [0.5, 0.6) is 0 Å². The summed E-state index contributed by atoms with van der Waals surface area (Å²) in [6, 6.07) is 12.5. The lowest BCUT2D eigenvalue weighted by molar-refractivity contribution is 0.0995. The molecule has 100 valence electrons. The number of hydrogen-bond donors (Lipinski definition) is 1. The maximum atomic E-state index is 12.0. The Labute approximate surface area is 123 Å². The molecule has 0 saturated heterocycles. The quantitative estimate of drug-likeness (QED) is 0.799. The van der Waals surface area contributed by atoms with Crippen LogP contribution in [0, 0.1) is 0 Å². The molecule has 5 nitrogen and oxygen atoms in total. The molecule has 20 heavy (non-hydrogen) atoms. The molecular weight excluding hydrogens is 322 g/mol. The Balaban J connectivity index is 1.81. The van der Waals surface area contributed by atoms with E-state index in [1.54, 1.807) is 23.0 Å². The smallest absolute Gasteiger partial charge is 0.291 e. The van der Waals surface area contributed by atoms with Gasteiger partial charge in [0.15, 0.2) is 10.4 Å². The van der Waals surface area contributed by atoms with Crippen LogP contribution >= 0.6 is 15.9 Å². The van der Waals surface area contributed by atoms with Crippen LogP contribution in [0.2, 0.25) is 0 Å². The Hall–Kier alpha value is -2.34. The molecule has 2 aromatic heterocycles. The van der Waals surface area contributed by atoms with Gasteiger partial charge in [-0.3, -0.25) is 4.79 Å². The number of carbonyl (C=O) groups excluding carboxylic acids is 1. The van der Waals surface area contributed by atoms with Gasteiger partial charge in [0, 0.05) is 18.1 Å². The predicted octanol–water partition coefficient (Wildman–Crippen LogP) is 3.48. The van der Waals surface area contributed by atoms with Crippen molar-refractivity contribution in [1.29, 1.82) is 0 Å². The monoisotopic (exact) mass is 331 g/mol. The Morgan fingerprint density at radius 1 is 1.25 bits per heavy atom. The molecule has 0 atom stereocenters. The molecule has 0 spiro atoms. The van der Waals surface area contributed by atoms with E-state index in [0.717, 1.165) is 5.69 Å². The van der Waals surface area contributed by atoms with Crippen molar-refractivity contribution in [1.82, 2.24) is 9.78 Å². The van der Waals surface area contributed by atoms with Gasteiger partial charge in [-0.1, -0.05) is 6.07 Å². The molecule has 0 unspecified atom stereocenters. The highest BCUT2D eigenvalue weighted by atomic mass is 79.9. The average molecular weight is 332 g/mol. The summed E-state index contributed by atoms with van der Waals surface area (Å²) in [7, 11) is 0. The Morgan fingerprint density at radius 2 is 2.15 bits per heavy atom. The summed E-state index contributed by atoms with van der Waals surface area (Å²) in [5.74, 6) is -0.0466. The maximum Gasteiger partial charge on any atom is 0.291 e. The van der Waals surface area contributed by atoms with Gasteiger partial charge in [0.2, 0.25) is 0 Å². The van der Waals surface area contributed by atoms with Crippen molar-refractivity contribution in [2.75, 3.05) is 5.32 Å².